The van der Waals surface area contributed by atoms with Crippen molar-refractivity contribution in [1.29, 1.82) is 0 Å². The van der Waals surface area contributed by atoms with Crippen molar-refractivity contribution in [3.8, 4) is 0 Å². The number of hydrogen-bond donors (Lipinski definition) is 1. The lowest BCUT2D eigenvalue weighted by Crippen LogP contribution is -2.41. The van der Waals surface area contributed by atoms with Gasteiger partial charge in [-0.1, -0.05) is 0 Å². The minimum Gasteiger partial charge on any atom is -0.343 e. The maximum atomic E-state index is 11.5. The van der Waals surface area contributed by atoms with Crippen LogP contribution in [0.25, 0.3) is 0 Å². The highest BCUT2D eigenvalue weighted by Crippen LogP contribution is 2.24. The molecule has 0 spiro atoms. The fourth-order valence-electron chi connectivity index (χ4n) is 1.57. The Balaban J connectivity index is 2.13. The van der Waals surface area contributed by atoms with Crippen LogP contribution in [0.2, 0.25) is 0 Å². The molecule has 1 aliphatic carbocycles. The summed E-state index contributed by atoms with van der Waals surface area (Å²) in [5.74, 6) is 0.290. The van der Waals surface area contributed by atoms with Gasteiger partial charge in [-0.25, -0.2) is 0 Å². The molecule has 0 aromatic heterocycles. The minimum atomic E-state index is 0.290. The molecule has 0 saturated heterocycles. The Morgan fingerprint density at radius 1 is 1.46 bits per heavy atom. The molecule has 0 aromatic carbocycles. The summed E-state index contributed by atoms with van der Waals surface area (Å²) < 4.78 is 0. The van der Waals surface area contributed by atoms with E-state index in [0.717, 1.165) is 12.8 Å². The number of unbranched alkanes of at least 4 members (excludes halogenated alkanes) is 1. The van der Waals surface area contributed by atoms with E-state index in [2.05, 4.69) is 0 Å². The first kappa shape index (κ1) is 10.5. The maximum Gasteiger partial charge on any atom is 0.222 e. The predicted molar refractivity (Wildman–Crippen MR) is 53.3 cm³/mol. The summed E-state index contributed by atoms with van der Waals surface area (Å²) in [5.41, 5.74) is 5.36. The average molecular weight is 184 g/mol. The van der Waals surface area contributed by atoms with Crippen molar-refractivity contribution >= 4 is 5.91 Å². The van der Waals surface area contributed by atoms with Gasteiger partial charge in [0.15, 0.2) is 0 Å². The number of nitrogens with two attached hydrogens (primary N) is 1. The molecule has 0 heterocycles. The quantitative estimate of drug-likeness (QED) is 0.651. The van der Waals surface area contributed by atoms with Crippen molar-refractivity contribution in [2.24, 2.45) is 5.73 Å². The standard InChI is InChI=1S/C10H20N2O/c1-12(9-5-4-6-9)10(13)7-2-3-8-11/h9H,2-8,11H2,1H3. The Hall–Kier alpha value is -0.570. The third-order valence-electron chi connectivity index (χ3n) is 2.86. The van der Waals surface area contributed by atoms with Crippen molar-refractivity contribution in [2.45, 2.75) is 44.6 Å². The lowest BCUT2D eigenvalue weighted by molar-refractivity contribution is -0.133. The molecular weight excluding hydrogens is 164 g/mol. The molecule has 1 saturated carbocycles. The van der Waals surface area contributed by atoms with E-state index >= 15 is 0 Å². The number of carbonyl (C=O) groups excluding carboxylic acids is 1. The Morgan fingerprint density at radius 2 is 2.15 bits per heavy atom. The summed E-state index contributed by atoms with van der Waals surface area (Å²) in [5, 5.41) is 0. The molecule has 1 amide bonds. The zero-order chi connectivity index (χ0) is 9.68. The summed E-state index contributed by atoms with van der Waals surface area (Å²) in [4.78, 5) is 13.5. The molecule has 13 heavy (non-hydrogen) atoms. The molecule has 3 heteroatoms. The van der Waals surface area contributed by atoms with Crippen LogP contribution in [0.5, 0.6) is 0 Å². The van der Waals surface area contributed by atoms with Crippen molar-refractivity contribution in [3.63, 3.8) is 0 Å². The highest BCUT2D eigenvalue weighted by molar-refractivity contribution is 5.76. The second-order valence-corrected chi connectivity index (χ2v) is 3.84. The summed E-state index contributed by atoms with van der Waals surface area (Å²) in [6.45, 7) is 0.695. The predicted octanol–water partition coefficient (Wildman–Crippen LogP) is 1.13. The Morgan fingerprint density at radius 3 is 2.62 bits per heavy atom. The van der Waals surface area contributed by atoms with E-state index in [1.807, 2.05) is 11.9 Å². The van der Waals surface area contributed by atoms with Crippen molar-refractivity contribution in [1.82, 2.24) is 4.90 Å². The van der Waals surface area contributed by atoms with Crippen molar-refractivity contribution in [2.75, 3.05) is 13.6 Å². The summed E-state index contributed by atoms with van der Waals surface area (Å²) >= 11 is 0. The van der Waals surface area contributed by atoms with Gasteiger partial charge in [0.1, 0.15) is 0 Å². The highest BCUT2D eigenvalue weighted by Gasteiger charge is 2.24. The van der Waals surface area contributed by atoms with Crippen LogP contribution in [0.3, 0.4) is 0 Å². The molecule has 0 radical (unpaired) electrons. The molecule has 0 unspecified atom stereocenters. The van der Waals surface area contributed by atoms with Crippen LogP contribution in [0.15, 0.2) is 0 Å². The van der Waals surface area contributed by atoms with Crippen LogP contribution in [0.1, 0.15) is 38.5 Å². The number of amides is 1. The van der Waals surface area contributed by atoms with Gasteiger partial charge in [-0.3, -0.25) is 4.79 Å². The van der Waals surface area contributed by atoms with Gasteiger partial charge in [-0.05, 0) is 38.6 Å². The van der Waals surface area contributed by atoms with Gasteiger partial charge in [0.25, 0.3) is 0 Å². The number of carbonyl (C=O) groups is 1. The minimum absolute atomic E-state index is 0.290. The molecular formula is C10H20N2O. The Kier molecular flexibility index (Phi) is 4.22. The van der Waals surface area contributed by atoms with E-state index in [4.69, 9.17) is 5.73 Å². The summed E-state index contributed by atoms with van der Waals surface area (Å²) in [7, 11) is 1.93. The van der Waals surface area contributed by atoms with E-state index in [-0.39, 0.29) is 5.91 Å². The SMILES string of the molecule is CN(C(=O)CCCCN)C1CCC1. The zero-order valence-corrected chi connectivity index (χ0v) is 8.46. The second-order valence-electron chi connectivity index (χ2n) is 3.84. The second kappa shape index (κ2) is 5.22. The van der Waals surface area contributed by atoms with Crippen LogP contribution in [0.4, 0.5) is 0 Å². The van der Waals surface area contributed by atoms with Crippen LogP contribution in [0, 0.1) is 0 Å². The fourth-order valence-corrected chi connectivity index (χ4v) is 1.57. The third-order valence-corrected chi connectivity index (χ3v) is 2.86. The first-order valence-electron chi connectivity index (χ1n) is 5.21. The normalized spacial score (nSPS) is 16.8. The first-order valence-corrected chi connectivity index (χ1v) is 5.21. The van der Waals surface area contributed by atoms with Gasteiger partial charge < -0.3 is 10.6 Å². The molecule has 3 nitrogen and oxygen atoms in total. The fraction of sp³-hybridized carbons (Fsp3) is 0.900. The Bertz CT molecular complexity index is 166. The van der Waals surface area contributed by atoms with Crippen molar-refractivity contribution in [3.05, 3.63) is 0 Å². The van der Waals surface area contributed by atoms with E-state index < -0.39 is 0 Å². The topological polar surface area (TPSA) is 46.3 Å². The molecule has 1 fully saturated rings. The van der Waals surface area contributed by atoms with E-state index in [0.29, 0.717) is 19.0 Å². The highest BCUT2D eigenvalue weighted by atomic mass is 16.2. The summed E-state index contributed by atoms with van der Waals surface area (Å²) in [6, 6.07) is 0.533. The molecule has 1 rings (SSSR count). The van der Waals surface area contributed by atoms with Gasteiger partial charge >= 0.3 is 0 Å². The van der Waals surface area contributed by atoms with Gasteiger partial charge in [-0.15, -0.1) is 0 Å². The molecule has 0 bridgehead atoms. The Labute approximate surface area is 80.3 Å². The van der Waals surface area contributed by atoms with E-state index in [1.165, 1.54) is 19.3 Å². The lowest BCUT2D eigenvalue weighted by Gasteiger charge is -2.34. The molecule has 76 valence electrons. The van der Waals surface area contributed by atoms with Gasteiger partial charge in [-0.2, -0.15) is 0 Å². The molecule has 0 atom stereocenters. The molecule has 2 N–H and O–H groups in total. The number of hydrogen-bond acceptors (Lipinski definition) is 2. The maximum absolute atomic E-state index is 11.5. The molecule has 0 aromatic rings. The largest absolute Gasteiger partial charge is 0.343 e. The van der Waals surface area contributed by atoms with E-state index in [9.17, 15) is 4.79 Å². The molecule has 1 aliphatic rings. The summed E-state index contributed by atoms with van der Waals surface area (Å²) in [6.07, 6.45) is 6.24. The number of rotatable bonds is 5. The van der Waals surface area contributed by atoms with Crippen LogP contribution < -0.4 is 5.73 Å². The zero-order valence-electron chi connectivity index (χ0n) is 8.46. The van der Waals surface area contributed by atoms with Gasteiger partial charge in [0, 0.05) is 19.5 Å². The van der Waals surface area contributed by atoms with Crippen molar-refractivity contribution < 1.29 is 4.79 Å². The third kappa shape index (κ3) is 2.99. The lowest BCUT2D eigenvalue weighted by atomic mass is 9.91. The van der Waals surface area contributed by atoms with Crippen LogP contribution in [-0.4, -0.2) is 30.4 Å². The molecule has 0 aliphatic heterocycles. The monoisotopic (exact) mass is 184 g/mol. The average Bonchev–Trinajstić information content (AvgIpc) is 2.01. The smallest absolute Gasteiger partial charge is 0.222 e. The van der Waals surface area contributed by atoms with Crippen LogP contribution >= 0.6 is 0 Å². The number of nitrogens with zero attached hydrogens (tertiary/aromatic N) is 1. The first-order chi connectivity index (χ1) is 6.25. The van der Waals surface area contributed by atoms with Gasteiger partial charge in [0.2, 0.25) is 5.91 Å². The van der Waals surface area contributed by atoms with E-state index in [1.54, 1.807) is 0 Å². The van der Waals surface area contributed by atoms with Gasteiger partial charge in [0.05, 0.1) is 0 Å². The van der Waals surface area contributed by atoms with Crippen LogP contribution in [-0.2, 0) is 4.79 Å².